The number of oxazole rings is 1. The second-order valence-electron chi connectivity index (χ2n) is 7.62. The molecule has 7 nitrogen and oxygen atoms in total. The van der Waals surface area contributed by atoms with Gasteiger partial charge in [-0.25, -0.2) is 13.4 Å². The number of aromatic nitrogens is 1. The molecule has 1 saturated heterocycles. The van der Waals surface area contributed by atoms with Gasteiger partial charge in [-0.05, 0) is 56.3 Å². The standard InChI is InChI=1S/C23H26ClN3O4S/c1-3-30-20-7-9-21(10-8-20)32(28,29)27-13-11-26(12-14-27)16-22-17(2)31-23(25-22)18-5-4-6-19(24)15-18/h4-10,15H,3,11-14,16H2,1-2H3. The molecule has 1 aliphatic rings. The lowest BCUT2D eigenvalue weighted by molar-refractivity contribution is 0.179. The summed E-state index contributed by atoms with van der Waals surface area (Å²) in [5, 5.41) is 0.629. The summed E-state index contributed by atoms with van der Waals surface area (Å²) in [7, 11) is -3.53. The molecule has 0 atom stereocenters. The van der Waals surface area contributed by atoms with E-state index in [-0.39, 0.29) is 4.90 Å². The van der Waals surface area contributed by atoms with Gasteiger partial charge < -0.3 is 9.15 Å². The van der Waals surface area contributed by atoms with Crippen LogP contribution in [0.15, 0.2) is 57.8 Å². The predicted molar refractivity (Wildman–Crippen MR) is 123 cm³/mol. The molecular formula is C23H26ClN3O4S. The molecule has 1 aliphatic heterocycles. The summed E-state index contributed by atoms with van der Waals surface area (Å²) in [5.74, 6) is 1.96. The summed E-state index contributed by atoms with van der Waals surface area (Å²) < 4.78 is 38.8. The highest BCUT2D eigenvalue weighted by molar-refractivity contribution is 7.89. The van der Waals surface area contributed by atoms with Crippen molar-refractivity contribution in [1.82, 2.24) is 14.2 Å². The molecule has 0 N–H and O–H groups in total. The van der Waals surface area contributed by atoms with E-state index in [1.165, 1.54) is 4.31 Å². The smallest absolute Gasteiger partial charge is 0.243 e. The molecule has 3 aromatic rings. The van der Waals surface area contributed by atoms with E-state index >= 15 is 0 Å². The molecule has 4 rings (SSSR count). The van der Waals surface area contributed by atoms with Crippen molar-refractivity contribution in [2.75, 3.05) is 32.8 Å². The number of hydrogen-bond acceptors (Lipinski definition) is 6. The minimum atomic E-state index is -3.53. The van der Waals surface area contributed by atoms with Crippen molar-refractivity contribution in [2.45, 2.75) is 25.3 Å². The molecular weight excluding hydrogens is 450 g/mol. The fourth-order valence-electron chi connectivity index (χ4n) is 3.68. The first-order chi connectivity index (χ1) is 15.4. The average Bonchev–Trinajstić information content (AvgIpc) is 3.15. The number of rotatable bonds is 7. The van der Waals surface area contributed by atoms with Crippen LogP contribution in [-0.4, -0.2) is 55.4 Å². The average molecular weight is 476 g/mol. The summed E-state index contributed by atoms with van der Waals surface area (Å²) in [6, 6.07) is 14.0. The fraction of sp³-hybridized carbons (Fsp3) is 0.348. The number of piperazine rings is 1. The molecule has 1 aromatic heterocycles. The van der Waals surface area contributed by atoms with Crippen LogP contribution >= 0.6 is 11.6 Å². The molecule has 2 aromatic carbocycles. The third kappa shape index (κ3) is 4.99. The van der Waals surface area contributed by atoms with Gasteiger partial charge in [0.15, 0.2) is 0 Å². The quantitative estimate of drug-likeness (QED) is 0.509. The predicted octanol–water partition coefficient (Wildman–Crippen LogP) is 4.21. The van der Waals surface area contributed by atoms with Gasteiger partial charge in [0.25, 0.3) is 0 Å². The van der Waals surface area contributed by atoms with Crippen LogP contribution < -0.4 is 4.74 Å². The highest BCUT2D eigenvalue weighted by Crippen LogP contribution is 2.26. The number of halogens is 1. The molecule has 0 unspecified atom stereocenters. The van der Waals surface area contributed by atoms with Crippen LogP contribution in [0.5, 0.6) is 5.75 Å². The van der Waals surface area contributed by atoms with E-state index in [0.29, 0.717) is 56.0 Å². The fourth-order valence-corrected chi connectivity index (χ4v) is 5.30. The molecule has 0 spiro atoms. The van der Waals surface area contributed by atoms with Crippen molar-refractivity contribution in [3.63, 3.8) is 0 Å². The summed E-state index contributed by atoms with van der Waals surface area (Å²) in [6.07, 6.45) is 0. The monoisotopic (exact) mass is 475 g/mol. The van der Waals surface area contributed by atoms with Crippen molar-refractivity contribution < 1.29 is 17.6 Å². The highest BCUT2D eigenvalue weighted by atomic mass is 35.5. The number of hydrogen-bond donors (Lipinski definition) is 0. The van der Waals surface area contributed by atoms with Crippen molar-refractivity contribution in [3.8, 4) is 17.2 Å². The maximum absolute atomic E-state index is 13.0. The lowest BCUT2D eigenvalue weighted by Gasteiger charge is -2.33. The van der Waals surface area contributed by atoms with Gasteiger partial charge in [0.05, 0.1) is 17.2 Å². The molecule has 0 amide bonds. The summed E-state index contributed by atoms with van der Waals surface area (Å²) in [6.45, 7) is 7.02. The zero-order chi connectivity index (χ0) is 22.7. The maximum atomic E-state index is 13.0. The van der Waals surface area contributed by atoms with Gasteiger partial charge in [0.1, 0.15) is 11.5 Å². The Morgan fingerprint density at radius 1 is 1.09 bits per heavy atom. The molecule has 0 radical (unpaired) electrons. The van der Waals surface area contributed by atoms with Crippen LogP contribution in [0.4, 0.5) is 0 Å². The summed E-state index contributed by atoms with van der Waals surface area (Å²) in [4.78, 5) is 7.12. The number of ether oxygens (including phenoxy) is 1. The summed E-state index contributed by atoms with van der Waals surface area (Å²) in [5.41, 5.74) is 1.68. The Labute approximate surface area is 193 Å². The summed E-state index contributed by atoms with van der Waals surface area (Å²) >= 11 is 6.08. The molecule has 0 saturated carbocycles. The number of benzene rings is 2. The van der Waals surface area contributed by atoms with E-state index in [1.807, 2.05) is 38.1 Å². The van der Waals surface area contributed by atoms with E-state index in [0.717, 1.165) is 17.0 Å². The minimum Gasteiger partial charge on any atom is -0.494 e. The van der Waals surface area contributed by atoms with E-state index in [4.69, 9.17) is 20.8 Å². The van der Waals surface area contributed by atoms with Gasteiger partial charge in [-0.3, -0.25) is 4.90 Å². The van der Waals surface area contributed by atoms with Crippen LogP contribution in [0.25, 0.3) is 11.5 Å². The van der Waals surface area contributed by atoms with Crippen molar-refractivity contribution >= 4 is 21.6 Å². The minimum absolute atomic E-state index is 0.285. The van der Waals surface area contributed by atoms with Gasteiger partial charge in [0.2, 0.25) is 15.9 Å². The van der Waals surface area contributed by atoms with Crippen molar-refractivity contribution in [1.29, 1.82) is 0 Å². The third-order valence-corrected chi connectivity index (χ3v) is 7.59. The SMILES string of the molecule is CCOc1ccc(S(=O)(=O)N2CCN(Cc3nc(-c4cccc(Cl)c4)oc3C)CC2)cc1. The topological polar surface area (TPSA) is 75.9 Å². The Bertz CT molecular complexity index is 1170. The van der Waals surface area contributed by atoms with E-state index in [2.05, 4.69) is 9.88 Å². The lowest BCUT2D eigenvalue weighted by Crippen LogP contribution is -2.48. The molecule has 170 valence electrons. The first kappa shape index (κ1) is 22.8. The molecule has 2 heterocycles. The number of aryl methyl sites for hydroxylation is 1. The largest absolute Gasteiger partial charge is 0.494 e. The van der Waals surface area contributed by atoms with Gasteiger partial charge in [-0.1, -0.05) is 17.7 Å². The highest BCUT2D eigenvalue weighted by Gasteiger charge is 2.29. The Kier molecular flexibility index (Phi) is 6.85. The van der Waals surface area contributed by atoms with Crippen LogP contribution in [0, 0.1) is 6.92 Å². The van der Waals surface area contributed by atoms with Crippen molar-refractivity contribution in [3.05, 3.63) is 65.0 Å². The van der Waals surface area contributed by atoms with E-state index in [1.54, 1.807) is 24.3 Å². The van der Waals surface area contributed by atoms with Crippen LogP contribution in [0.2, 0.25) is 5.02 Å². The van der Waals surface area contributed by atoms with Crippen LogP contribution in [0.3, 0.4) is 0 Å². The Morgan fingerprint density at radius 2 is 1.81 bits per heavy atom. The number of nitrogens with zero attached hydrogens (tertiary/aromatic N) is 3. The first-order valence-corrected chi connectivity index (χ1v) is 12.4. The van der Waals surface area contributed by atoms with Crippen LogP contribution in [-0.2, 0) is 16.6 Å². The molecule has 0 bridgehead atoms. The molecule has 1 fully saturated rings. The maximum Gasteiger partial charge on any atom is 0.243 e. The zero-order valence-corrected chi connectivity index (χ0v) is 19.7. The second-order valence-corrected chi connectivity index (χ2v) is 9.99. The Morgan fingerprint density at radius 3 is 2.47 bits per heavy atom. The first-order valence-electron chi connectivity index (χ1n) is 10.5. The van der Waals surface area contributed by atoms with E-state index in [9.17, 15) is 8.42 Å². The normalized spacial score (nSPS) is 15.7. The lowest BCUT2D eigenvalue weighted by atomic mass is 10.2. The van der Waals surface area contributed by atoms with Crippen molar-refractivity contribution in [2.24, 2.45) is 0 Å². The second kappa shape index (κ2) is 9.62. The zero-order valence-electron chi connectivity index (χ0n) is 18.1. The number of sulfonamides is 1. The van der Waals surface area contributed by atoms with Crippen LogP contribution in [0.1, 0.15) is 18.4 Å². The van der Waals surface area contributed by atoms with Gasteiger partial charge in [-0.2, -0.15) is 4.31 Å². The molecule has 9 heteroatoms. The molecule has 32 heavy (non-hydrogen) atoms. The Hall–Kier alpha value is -2.39. The third-order valence-electron chi connectivity index (χ3n) is 5.44. The van der Waals surface area contributed by atoms with Gasteiger partial charge in [0, 0.05) is 43.3 Å². The van der Waals surface area contributed by atoms with Gasteiger partial charge in [-0.15, -0.1) is 0 Å². The molecule has 0 aliphatic carbocycles. The Balaban J connectivity index is 1.39. The van der Waals surface area contributed by atoms with E-state index < -0.39 is 10.0 Å². The van der Waals surface area contributed by atoms with Gasteiger partial charge >= 0.3 is 0 Å².